The molecule has 1 heterocycles. The normalized spacial score (nSPS) is 39.4. The second-order valence-electron chi connectivity index (χ2n) is 4.76. The standard InChI is InChI=1S/C10H22N2O2/c1-5(2)7-9(13)12-8(6(3)4)10(14)11-7/h5-14H,1-4H3/t7-,8-,9-,10+/m0/s1. The zero-order valence-electron chi connectivity index (χ0n) is 9.36. The molecule has 0 unspecified atom stereocenters. The van der Waals surface area contributed by atoms with E-state index < -0.39 is 12.5 Å². The molecule has 1 rings (SSSR count). The van der Waals surface area contributed by atoms with Crippen LogP contribution >= 0.6 is 0 Å². The molecule has 0 spiro atoms. The zero-order chi connectivity index (χ0) is 10.9. The van der Waals surface area contributed by atoms with Gasteiger partial charge in [0.15, 0.2) is 0 Å². The molecule has 1 saturated heterocycles. The fourth-order valence-corrected chi connectivity index (χ4v) is 1.90. The van der Waals surface area contributed by atoms with Crippen LogP contribution in [0, 0.1) is 11.8 Å². The molecule has 4 atom stereocenters. The molecule has 0 radical (unpaired) electrons. The summed E-state index contributed by atoms with van der Waals surface area (Å²) in [4.78, 5) is 0. The molecular weight excluding hydrogens is 180 g/mol. The van der Waals surface area contributed by atoms with Crippen LogP contribution in [0.2, 0.25) is 0 Å². The highest BCUT2D eigenvalue weighted by molar-refractivity contribution is 4.91. The molecular formula is C10H22N2O2. The van der Waals surface area contributed by atoms with E-state index in [4.69, 9.17) is 0 Å². The number of aliphatic hydroxyl groups excluding tert-OH is 2. The van der Waals surface area contributed by atoms with Crippen LogP contribution in [0.4, 0.5) is 0 Å². The van der Waals surface area contributed by atoms with Gasteiger partial charge in [0.05, 0.1) is 12.1 Å². The number of rotatable bonds is 2. The smallest absolute Gasteiger partial charge is 0.121 e. The molecule has 0 aromatic carbocycles. The van der Waals surface area contributed by atoms with Crippen LogP contribution in [0.15, 0.2) is 0 Å². The van der Waals surface area contributed by atoms with Crippen molar-refractivity contribution in [3.8, 4) is 0 Å². The Kier molecular flexibility index (Phi) is 3.89. The zero-order valence-corrected chi connectivity index (χ0v) is 9.36. The Balaban J connectivity index is 2.62. The van der Waals surface area contributed by atoms with Crippen molar-refractivity contribution >= 4 is 0 Å². The van der Waals surface area contributed by atoms with Crippen molar-refractivity contribution in [2.75, 3.05) is 0 Å². The number of hydrogen-bond donors (Lipinski definition) is 4. The lowest BCUT2D eigenvalue weighted by atomic mass is 9.94. The van der Waals surface area contributed by atoms with Crippen LogP contribution in [-0.2, 0) is 0 Å². The fourth-order valence-electron chi connectivity index (χ4n) is 1.90. The Hall–Kier alpha value is -0.160. The number of aliphatic hydroxyl groups is 2. The third-order valence-electron chi connectivity index (χ3n) is 2.84. The van der Waals surface area contributed by atoms with Crippen LogP contribution in [0.1, 0.15) is 27.7 Å². The summed E-state index contributed by atoms with van der Waals surface area (Å²) >= 11 is 0. The summed E-state index contributed by atoms with van der Waals surface area (Å²) in [5, 5.41) is 25.7. The molecule has 1 fully saturated rings. The first kappa shape index (κ1) is 11.9. The van der Waals surface area contributed by atoms with Gasteiger partial charge in [0, 0.05) is 0 Å². The minimum atomic E-state index is -0.578. The maximum atomic E-state index is 9.79. The van der Waals surface area contributed by atoms with E-state index in [1.165, 1.54) is 0 Å². The molecule has 4 N–H and O–H groups in total. The maximum Gasteiger partial charge on any atom is 0.121 e. The predicted octanol–water partition coefficient (Wildman–Crippen LogP) is -0.135. The molecule has 0 aromatic heterocycles. The van der Waals surface area contributed by atoms with E-state index >= 15 is 0 Å². The fraction of sp³-hybridized carbons (Fsp3) is 1.00. The van der Waals surface area contributed by atoms with Crippen molar-refractivity contribution in [2.45, 2.75) is 52.2 Å². The first-order valence-corrected chi connectivity index (χ1v) is 5.31. The van der Waals surface area contributed by atoms with Crippen molar-refractivity contribution in [2.24, 2.45) is 11.8 Å². The quantitative estimate of drug-likeness (QED) is 0.503. The van der Waals surface area contributed by atoms with E-state index in [0.717, 1.165) is 0 Å². The van der Waals surface area contributed by atoms with Gasteiger partial charge in [0.2, 0.25) is 0 Å². The Morgan fingerprint density at radius 2 is 1.07 bits per heavy atom. The van der Waals surface area contributed by atoms with Crippen LogP contribution in [0.5, 0.6) is 0 Å². The summed E-state index contributed by atoms with van der Waals surface area (Å²) in [6.07, 6.45) is -1.16. The van der Waals surface area contributed by atoms with Crippen molar-refractivity contribution < 1.29 is 10.2 Å². The van der Waals surface area contributed by atoms with Gasteiger partial charge in [-0.05, 0) is 11.8 Å². The average Bonchev–Trinajstić information content (AvgIpc) is 2.07. The van der Waals surface area contributed by atoms with E-state index in [0.29, 0.717) is 11.8 Å². The van der Waals surface area contributed by atoms with Crippen LogP contribution in [0.3, 0.4) is 0 Å². The van der Waals surface area contributed by atoms with Gasteiger partial charge in [-0.15, -0.1) is 0 Å². The van der Waals surface area contributed by atoms with E-state index in [1.54, 1.807) is 0 Å². The molecule has 4 heteroatoms. The van der Waals surface area contributed by atoms with Crippen molar-refractivity contribution in [1.29, 1.82) is 0 Å². The summed E-state index contributed by atoms with van der Waals surface area (Å²) < 4.78 is 0. The number of piperazine rings is 1. The topological polar surface area (TPSA) is 64.5 Å². The van der Waals surface area contributed by atoms with E-state index in [9.17, 15) is 10.2 Å². The Labute approximate surface area is 85.7 Å². The lowest BCUT2D eigenvalue weighted by Gasteiger charge is -2.42. The SMILES string of the molecule is CC(C)[C@@H]1N[C@H](O)[C@H](C(C)C)N[C@H]1O. The minimum Gasteiger partial charge on any atom is -0.377 e. The number of hydrogen-bond acceptors (Lipinski definition) is 4. The summed E-state index contributed by atoms with van der Waals surface area (Å²) in [5.41, 5.74) is 0. The molecule has 0 aliphatic carbocycles. The lowest BCUT2D eigenvalue weighted by Crippen LogP contribution is -2.68. The second-order valence-corrected chi connectivity index (χ2v) is 4.76. The van der Waals surface area contributed by atoms with Crippen LogP contribution in [-0.4, -0.2) is 34.8 Å². The van der Waals surface area contributed by atoms with Gasteiger partial charge >= 0.3 is 0 Å². The van der Waals surface area contributed by atoms with Gasteiger partial charge in [-0.1, -0.05) is 27.7 Å². The molecule has 84 valence electrons. The van der Waals surface area contributed by atoms with Crippen LogP contribution < -0.4 is 10.6 Å². The monoisotopic (exact) mass is 202 g/mol. The van der Waals surface area contributed by atoms with E-state index in [2.05, 4.69) is 10.6 Å². The maximum absolute atomic E-state index is 9.79. The average molecular weight is 202 g/mol. The molecule has 14 heavy (non-hydrogen) atoms. The van der Waals surface area contributed by atoms with Gasteiger partial charge < -0.3 is 10.2 Å². The molecule has 0 aromatic rings. The second kappa shape index (κ2) is 4.57. The molecule has 1 aliphatic heterocycles. The molecule has 1 aliphatic rings. The Morgan fingerprint density at radius 1 is 0.786 bits per heavy atom. The number of nitrogens with one attached hydrogen (secondary N) is 2. The molecule has 0 amide bonds. The van der Waals surface area contributed by atoms with Gasteiger partial charge in [-0.3, -0.25) is 10.6 Å². The summed E-state index contributed by atoms with van der Waals surface area (Å²) in [6.45, 7) is 8.08. The first-order valence-electron chi connectivity index (χ1n) is 5.31. The van der Waals surface area contributed by atoms with Crippen molar-refractivity contribution in [3.05, 3.63) is 0 Å². The minimum absolute atomic E-state index is 0.0833. The van der Waals surface area contributed by atoms with Crippen molar-refractivity contribution in [3.63, 3.8) is 0 Å². The molecule has 0 saturated carbocycles. The predicted molar refractivity (Wildman–Crippen MR) is 55.5 cm³/mol. The highest BCUT2D eigenvalue weighted by atomic mass is 16.3. The Morgan fingerprint density at radius 3 is 1.29 bits per heavy atom. The van der Waals surface area contributed by atoms with E-state index in [1.807, 2.05) is 27.7 Å². The summed E-state index contributed by atoms with van der Waals surface area (Å²) in [5.74, 6) is 0.584. The first-order chi connectivity index (χ1) is 6.43. The van der Waals surface area contributed by atoms with Gasteiger partial charge in [0.1, 0.15) is 12.5 Å². The van der Waals surface area contributed by atoms with Gasteiger partial charge in [-0.2, -0.15) is 0 Å². The highest BCUT2D eigenvalue weighted by Crippen LogP contribution is 2.16. The summed E-state index contributed by atoms with van der Waals surface area (Å²) in [6, 6.07) is -0.167. The largest absolute Gasteiger partial charge is 0.377 e. The van der Waals surface area contributed by atoms with E-state index in [-0.39, 0.29) is 12.1 Å². The van der Waals surface area contributed by atoms with Gasteiger partial charge in [0.25, 0.3) is 0 Å². The lowest BCUT2D eigenvalue weighted by molar-refractivity contribution is -0.0538. The van der Waals surface area contributed by atoms with Gasteiger partial charge in [-0.25, -0.2) is 0 Å². The third kappa shape index (κ3) is 2.45. The third-order valence-corrected chi connectivity index (χ3v) is 2.84. The molecule has 4 nitrogen and oxygen atoms in total. The Bertz CT molecular complexity index is 165. The molecule has 0 bridgehead atoms. The highest BCUT2D eigenvalue weighted by Gasteiger charge is 2.36. The van der Waals surface area contributed by atoms with Crippen molar-refractivity contribution in [1.82, 2.24) is 10.6 Å². The summed E-state index contributed by atoms with van der Waals surface area (Å²) in [7, 11) is 0. The van der Waals surface area contributed by atoms with Crippen LogP contribution in [0.25, 0.3) is 0 Å².